The number of non-ortho nitro benzene ring substituents is 1. The Kier molecular flexibility index (Phi) is 5.77. The number of aryl methyl sites for hydroxylation is 1. The molecular formula is C26H19N3O3S2. The quantitative estimate of drug-likeness (QED) is 0.143. The molecule has 1 aliphatic heterocycles. The van der Waals surface area contributed by atoms with Gasteiger partial charge in [-0.15, -0.1) is 0 Å². The Bertz CT molecular complexity index is 1470. The van der Waals surface area contributed by atoms with Crippen LogP contribution in [0.5, 0.6) is 0 Å². The molecule has 2 heterocycles. The second kappa shape index (κ2) is 8.89. The molecule has 3 aromatic carbocycles. The zero-order valence-electron chi connectivity index (χ0n) is 18.2. The predicted octanol–water partition coefficient (Wildman–Crippen LogP) is 6.31. The molecule has 0 N–H and O–H groups in total. The zero-order chi connectivity index (χ0) is 23.8. The van der Waals surface area contributed by atoms with Gasteiger partial charge >= 0.3 is 0 Å². The average Bonchev–Trinajstić information content (AvgIpc) is 3.31. The molecule has 0 bridgehead atoms. The van der Waals surface area contributed by atoms with Crippen LogP contribution in [0.15, 0.2) is 83.9 Å². The lowest BCUT2D eigenvalue weighted by molar-refractivity contribution is -0.384. The summed E-state index contributed by atoms with van der Waals surface area (Å²) in [6.07, 6.45) is 3.90. The van der Waals surface area contributed by atoms with Gasteiger partial charge < -0.3 is 4.57 Å². The number of hydrogen-bond acceptors (Lipinski definition) is 5. The molecule has 1 saturated heterocycles. The molecule has 0 saturated carbocycles. The number of para-hydroxylation sites is 1. The van der Waals surface area contributed by atoms with Crippen LogP contribution in [-0.2, 0) is 11.3 Å². The van der Waals surface area contributed by atoms with Gasteiger partial charge in [0.1, 0.15) is 0 Å². The van der Waals surface area contributed by atoms with Gasteiger partial charge in [-0.3, -0.25) is 19.8 Å². The van der Waals surface area contributed by atoms with Gasteiger partial charge in [0.15, 0.2) is 4.32 Å². The SMILES string of the molecule is Cc1ccc(N2C(=O)/C(=C\c3cn(Cc4ccc([N+](=O)[O-])cc4)c4ccccc34)SC2=S)cc1. The van der Waals surface area contributed by atoms with Crippen LogP contribution in [0, 0.1) is 17.0 Å². The van der Waals surface area contributed by atoms with E-state index in [1.165, 1.54) is 23.9 Å². The summed E-state index contributed by atoms with van der Waals surface area (Å²) in [5.41, 5.74) is 4.83. The highest BCUT2D eigenvalue weighted by Crippen LogP contribution is 2.37. The van der Waals surface area contributed by atoms with E-state index < -0.39 is 4.92 Å². The van der Waals surface area contributed by atoms with E-state index in [0.29, 0.717) is 15.8 Å². The number of nitro groups is 1. The number of fused-ring (bicyclic) bond motifs is 1. The van der Waals surface area contributed by atoms with Crippen LogP contribution in [0.4, 0.5) is 11.4 Å². The normalized spacial score (nSPS) is 15.0. The van der Waals surface area contributed by atoms with E-state index >= 15 is 0 Å². The molecule has 8 heteroatoms. The number of rotatable bonds is 5. The first kappa shape index (κ1) is 22.1. The van der Waals surface area contributed by atoms with Crippen LogP contribution >= 0.6 is 24.0 Å². The molecule has 1 amide bonds. The van der Waals surface area contributed by atoms with Crippen molar-refractivity contribution in [2.75, 3.05) is 4.90 Å². The molecule has 0 spiro atoms. The minimum Gasteiger partial charge on any atom is -0.342 e. The summed E-state index contributed by atoms with van der Waals surface area (Å²) in [6.45, 7) is 2.55. The van der Waals surface area contributed by atoms with E-state index in [0.717, 1.165) is 33.3 Å². The highest BCUT2D eigenvalue weighted by Gasteiger charge is 2.33. The lowest BCUT2D eigenvalue weighted by Crippen LogP contribution is -2.27. The fraction of sp³-hybridized carbons (Fsp3) is 0.0769. The zero-order valence-corrected chi connectivity index (χ0v) is 19.8. The van der Waals surface area contributed by atoms with Gasteiger partial charge in [0.25, 0.3) is 11.6 Å². The van der Waals surface area contributed by atoms with Gasteiger partial charge in [-0.1, -0.05) is 72.0 Å². The minimum absolute atomic E-state index is 0.0670. The number of amides is 1. The van der Waals surface area contributed by atoms with E-state index in [1.807, 2.05) is 67.7 Å². The van der Waals surface area contributed by atoms with Gasteiger partial charge in [0.2, 0.25) is 0 Å². The lowest BCUT2D eigenvalue weighted by Gasteiger charge is -2.14. The molecule has 168 valence electrons. The summed E-state index contributed by atoms with van der Waals surface area (Å²) in [7, 11) is 0. The lowest BCUT2D eigenvalue weighted by atomic mass is 10.1. The van der Waals surface area contributed by atoms with Gasteiger partial charge in [0, 0.05) is 41.3 Å². The van der Waals surface area contributed by atoms with Crippen LogP contribution in [0.1, 0.15) is 16.7 Å². The number of carbonyl (C=O) groups is 1. The van der Waals surface area contributed by atoms with Crippen LogP contribution in [-0.4, -0.2) is 19.7 Å². The third kappa shape index (κ3) is 4.13. The molecule has 1 aromatic heterocycles. The van der Waals surface area contributed by atoms with E-state index in [1.54, 1.807) is 17.0 Å². The maximum absolute atomic E-state index is 13.2. The maximum atomic E-state index is 13.2. The van der Waals surface area contributed by atoms with Crippen molar-refractivity contribution in [3.05, 3.63) is 111 Å². The predicted molar refractivity (Wildman–Crippen MR) is 141 cm³/mol. The Morgan fingerprint density at radius 3 is 2.44 bits per heavy atom. The second-order valence-corrected chi connectivity index (χ2v) is 9.68. The molecule has 4 aromatic rings. The third-order valence-corrected chi connectivity index (χ3v) is 6.99. The van der Waals surface area contributed by atoms with Crippen molar-refractivity contribution in [1.29, 1.82) is 0 Å². The topological polar surface area (TPSA) is 68.4 Å². The van der Waals surface area contributed by atoms with Crippen LogP contribution in [0.2, 0.25) is 0 Å². The first-order chi connectivity index (χ1) is 16.4. The summed E-state index contributed by atoms with van der Waals surface area (Å²) >= 11 is 6.81. The molecule has 1 fully saturated rings. The second-order valence-electron chi connectivity index (χ2n) is 8.01. The van der Waals surface area contributed by atoms with E-state index in [4.69, 9.17) is 12.2 Å². The fourth-order valence-electron chi connectivity index (χ4n) is 3.97. The van der Waals surface area contributed by atoms with Crippen molar-refractivity contribution < 1.29 is 9.72 Å². The molecule has 5 rings (SSSR count). The Labute approximate surface area is 205 Å². The van der Waals surface area contributed by atoms with E-state index in [-0.39, 0.29) is 11.6 Å². The first-order valence-corrected chi connectivity index (χ1v) is 11.8. The number of aromatic nitrogens is 1. The molecule has 0 atom stereocenters. The summed E-state index contributed by atoms with van der Waals surface area (Å²) in [5, 5.41) is 12.0. The summed E-state index contributed by atoms with van der Waals surface area (Å²) in [5.74, 6) is -0.133. The monoisotopic (exact) mass is 485 g/mol. The fourth-order valence-corrected chi connectivity index (χ4v) is 5.26. The molecule has 6 nitrogen and oxygen atoms in total. The summed E-state index contributed by atoms with van der Waals surface area (Å²) < 4.78 is 2.60. The number of thioether (sulfide) groups is 1. The Morgan fingerprint density at radius 1 is 1.03 bits per heavy atom. The van der Waals surface area contributed by atoms with Crippen molar-refractivity contribution in [3.8, 4) is 0 Å². The van der Waals surface area contributed by atoms with Crippen LogP contribution < -0.4 is 4.90 Å². The molecule has 0 unspecified atom stereocenters. The molecule has 1 aliphatic rings. The number of anilines is 1. The Morgan fingerprint density at radius 2 is 1.74 bits per heavy atom. The number of thiocarbonyl (C=S) groups is 1. The smallest absolute Gasteiger partial charge is 0.270 e. The van der Waals surface area contributed by atoms with Crippen molar-refractivity contribution in [1.82, 2.24) is 4.57 Å². The molecular weight excluding hydrogens is 466 g/mol. The molecule has 0 aliphatic carbocycles. The van der Waals surface area contributed by atoms with Gasteiger partial charge in [-0.25, -0.2) is 0 Å². The highest BCUT2D eigenvalue weighted by molar-refractivity contribution is 8.27. The van der Waals surface area contributed by atoms with E-state index in [9.17, 15) is 14.9 Å². The highest BCUT2D eigenvalue weighted by atomic mass is 32.2. The van der Waals surface area contributed by atoms with Crippen LogP contribution in [0.3, 0.4) is 0 Å². The van der Waals surface area contributed by atoms with Gasteiger partial charge in [0.05, 0.1) is 15.5 Å². The van der Waals surface area contributed by atoms with Crippen molar-refractivity contribution in [3.63, 3.8) is 0 Å². The minimum atomic E-state index is -0.403. The number of hydrogen-bond donors (Lipinski definition) is 0. The number of nitrogens with zero attached hydrogens (tertiary/aromatic N) is 3. The third-order valence-electron chi connectivity index (χ3n) is 5.69. The molecule has 0 radical (unpaired) electrons. The first-order valence-electron chi connectivity index (χ1n) is 10.6. The summed E-state index contributed by atoms with van der Waals surface area (Å²) in [6, 6.07) is 22.3. The number of benzene rings is 3. The van der Waals surface area contributed by atoms with Crippen molar-refractivity contribution >= 4 is 62.6 Å². The Hall–Kier alpha value is -3.75. The Balaban J connectivity index is 1.48. The van der Waals surface area contributed by atoms with Crippen molar-refractivity contribution in [2.45, 2.75) is 13.5 Å². The van der Waals surface area contributed by atoms with Crippen LogP contribution in [0.25, 0.3) is 17.0 Å². The standard InChI is InChI=1S/C26H19N3O3S2/c1-17-6-10-20(11-7-17)28-25(30)24(34-26(28)33)14-19-16-27(23-5-3-2-4-22(19)23)15-18-8-12-21(13-9-18)29(31)32/h2-14,16H,15H2,1H3/b24-14+. The number of nitro benzene ring substituents is 1. The average molecular weight is 486 g/mol. The van der Waals surface area contributed by atoms with E-state index in [2.05, 4.69) is 4.57 Å². The van der Waals surface area contributed by atoms with Gasteiger partial charge in [-0.05, 0) is 36.8 Å². The van der Waals surface area contributed by atoms with Crippen molar-refractivity contribution in [2.24, 2.45) is 0 Å². The van der Waals surface area contributed by atoms with Gasteiger partial charge in [-0.2, -0.15) is 0 Å². The summed E-state index contributed by atoms with van der Waals surface area (Å²) in [4.78, 5) is 25.9. The molecule has 34 heavy (non-hydrogen) atoms. The maximum Gasteiger partial charge on any atom is 0.270 e. The number of carbonyl (C=O) groups excluding carboxylic acids is 1. The largest absolute Gasteiger partial charge is 0.342 e.